The van der Waals surface area contributed by atoms with E-state index in [1.54, 1.807) is 26.0 Å². The molecule has 4 rings (SSSR count). The fourth-order valence-corrected chi connectivity index (χ4v) is 4.33. The predicted octanol–water partition coefficient (Wildman–Crippen LogP) is 3.77. The van der Waals surface area contributed by atoms with Gasteiger partial charge < -0.3 is 0 Å². The first-order chi connectivity index (χ1) is 12.7. The number of carbonyl (C=O) groups is 2. The molecule has 0 fully saturated rings. The van der Waals surface area contributed by atoms with E-state index in [1.807, 2.05) is 0 Å². The van der Waals surface area contributed by atoms with E-state index < -0.39 is 33.2 Å². The number of ketones is 2. The van der Waals surface area contributed by atoms with E-state index in [2.05, 4.69) is 0 Å². The molecule has 8 heteroatoms. The zero-order valence-electron chi connectivity index (χ0n) is 14.5. The summed E-state index contributed by atoms with van der Waals surface area (Å²) >= 11 is 0. The van der Waals surface area contributed by atoms with Gasteiger partial charge in [-0.3, -0.25) is 29.8 Å². The Morgan fingerprint density at radius 3 is 1.48 bits per heavy atom. The largest absolute Gasteiger partial charge is 0.293 e. The molecule has 2 atom stereocenters. The van der Waals surface area contributed by atoms with Gasteiger partial charge in [0.2, 0.25) is 0 Å². The first-order valence-electron chi connectivity index (χ1n) is 8.38. The van der Waals surface area contributed by atoms with Gasteiger partial charge in [-0.25, -0.2) is 0 Å². The fraction of sp³-hybridized carbons (Fsp3) is 0.263. The van der Waals surface area contributed by atoms with Crippen molar-refractivity contribution in [3.8, 4) is 0 Å². The Kier molecular flexibility index (Phi) is 3.49. The number of fused-ring (bicyclic) bond motifs is 6. The van der Waals surface area contributed by atoms with Crippen LogP contribution in [-0.2, 0) is 0 Å². The average molecular weight is 366 g/mol. The highest BCUT2D eigenvalue weighted by Crippen LogP contribution is 2.51. The Morgan fingerprint density at radius 1 is 0.778 bits per heavy atom. The first-order valence-corrected chi connectivity index (χ1v) is 8.38. The van der Waals surface area contributed by atoms with Gasteiger partial charge in [-0.05, 0) is 31.4 Å². The van der Waals surface area contributed by atoms with Gasteiger partial charge in [0.25, 0.3) is 11.4 Å². The van der Waals surface area contributed by atoms with Crippen molar-refractivity contribution in [3.05, 3.63) is 77.9 Å². The third-order valence-corrected chi connectivity index (χ3v) is 5.54. The van der Waals surface area contributed by atoms with E-state index >= 15 is 0 Å². The summed E-state index contributed by atoms with van der Waals surface area (Å²) in [6.45, 7) is 3.08. The Labute approximate surface area is 153 Å². The minimum Gasteiger partial charge on any atom is -0.293 e. The summed E-state index contributed by atoms with van der Waals surface area (Å²) in [5.74, 6) is -2.50. The molecule has 0 aromatic heterocycles. The Morgan fingerprint density at radius 2 is 1.15 bits per heavy atom. The molecule has 27 heavy (non-hydrogen) atoms. The van der Waals surface area contributed by atoms with Crippen molar-refractivity contribution in [2.45, 2.75) is 32.1 Å². The first kappa shape index (κ1) is 17.0. The van der Waals surface area contributed by atoms with Crippen LogP contribution in [0.15, 0.2) is 24.3 Å². The molecular weight excluding hydrogens is 352 g/mol. The highest BCUT2D eigenvalue weighted by molar-refractivity contribution is 6.17. The lowest BCUT2D eigenvalue weighted by Crippen LogP contribution is -2.35. The lowest BCUT2D eigenvalue weighted by molar-refractivity contribution is -0.385. The zero-order valence-corrected chi connectivity index (χ0v) is 14.5. The maximum atomic E-state index is 13.2. The van der Waals surface area contributed by atoms with Gasteiger partial charge in [-0.15, -0.1) is 0 Å². The molecule has 0 N–H and O–H groups in total. The number of carbonyl (C=O) groups excluding carboxylic acids is 2. The molecule has 0 radical (unpaired) electrons. The Bertz CT molecular complexity index is 1000. The molecule has 2 aromatic rings. The van der Waals surface area contributed by atoms with Crippen LogP contribution in [0.5, 0.6) is 0 Å². The molecular formula is C19H14N2O6. The fourth-order valence-electron chi connectivity index (χ4n) is 4.33. The van der Waals surface area contributed by atoms with Gasteiger partial charge in [-0.2, -0.15) is 0 Å². The molecule has 0 spiro atoms. The van der Waals surface area contributed by atoms with Crippen molar-refractivity contribution in [3.63, 3.8) is 0 Å². The Balaban J connectivity index is 2.05. The lowest BCUT2D eigenvalue weighted by atomic mass is 9.64. The number of benzene rings is 2. The molecule has 2 aliphatic rings. The quantitative estimate of drug-likeness (QED) is 0.589. The Hall–Kier alpha value is -3.42. The minimum absolute atomic E-state index is 0.0384. The van der Waals surface area contributed by atoms with Crippen LogP contribution < -0.4 is 0 Å². The summed E-state index contributed by atoms with van der Waals surface area (Å²) in [5.41, 5.74) is 0.617. The zero-order chi connectivity index (χ0) is 19.6. The number of nitrogens with zero attached hydrogens (tertiary/aromatic N) is 2. The molecule has 0 saturated carbocycles. The van der Waals surface area contributed by atoms with Crippen LogP contribution in [0.4, 0.5) is 11.4 Å². The van der Waals surface area contributed by atoms with E-state index in [-0.39, 0.29) is 28.9 Å². The van der Waals surface area contributed by atoms with Gasteiger partial charge in [-0.1, -0.05) is 24.3 Å². The lowest BCUT2D eigenvalue weighted by Gasteiger charge is -2.35. The van der Waals surface area contributed by atoms with Crippen LogP contribution in [0.1, 0.15) is 61.2 Å². The number of nitro benzene ring substituents is 2. The van der Waals surface area contributed by atoms with Crippen molar-refractivity contribution in [1.29, 1.82) is 0 Å². The summed E-state index contributed by atoms with van der Waals surface area (Å²) in [7, 11) is 0. The SMILES string of the molecule is Cc1ccc2c(c1[N+](=O)[O-])C(=O)[C@@H]1C[C@H]2C(=O)c2c1ccc(C)c2[N+](=O)[O-]. The third kappa shape index (κ3) is 2.16. The highest BCUT2D eigenvalue weighted by Gasteiger charge is 2.49. The number of nitro groups is 2. The van der Waals surface area contributed by atoms with Crippen LogP contribution in [0, 0.1) is 34.1 Å². The van der Waals surface area contributed by atoms with Crippen LogP contribution in [0.25, 0.3) is 0 Å². The summed E-state index contributed by atoms with van der Waals surface area (Å²) in [4.78, 5) is 48.2. The van der Waals surface area contributed by atoms with E-state index in [4.69, 9.17) is 0 Å². The summed E-state index contributed by atoms with van der Waals surface area (Å²) in [5, 5.41) is 23.1. The van der Waals surface area contributed by atoms with E-state index in [1.165, 1.54) is 12.1 Å². The van der Waals surface area contributed by atoms with Crippen molar-refractivity contribution in [1.82, 2.24) is 0 Å². The summed E-state index contributed by atoms with van der Waals surface area (Å²) in [6.07, 6.45) is 0.179. The van der Waals surface area contributed by atoms with Gasteiger partial charge in [0, 0.05) is 23.0 Å². The molecule has 0 aliphatic heterocycles. The third-order valence-electron chi connectivity index (χ3n) is 5.54. The molecule has 0 unspecified atom stereocenters. The molecule has 2 aliphatic carbocycles. The molecule has 2 bridgehead atoms. The van der Waals surface area contributed by atoms with Crippen molar-refractivity contribution in [2.75, 3.05) is 0 Å². The highest BCUT2D eigenvalue weighted by atomic mass is 16.6. The number of aryl methyl sites for hydroxylation is 2. The minimum atomic E-state index is -0.796. The molecule has 8 nitrogen and oxygen atoms in total. The van der Waals surface area contributed by atoms with E-state index in [0.717, 1.165) is 0 Å². The molecule has 0 saturated heterocycles. The molecule has 2 aromatic carbocycles. The second kappa shape index (κ2) is 5.54. The maximum Gasteiger partial charge on any atom is 0.283 e. The van der Waals surface area contributed by atoms with E-state index in [0.29, 0.717) is 22.3 Å². The van der Waals surface area contributed by atoms with Gasteiger partial charge in [0.15, 0.2) is 11.6 Å². The molecule has 0 amide bonds. The normalized spacial score (nSPS) is 20.1. The summed E-state index contributed by atoms with van der Waals surface area (Å²) < 4.78 is 0. The van der Waals surface area contributed by atoms with Crippen molar-refractivity contribution >= 4 is 22.9 Å². The second-order valence-electron chi connectivity index (χ2n) is 6.97. The van der Waals surface area contributed by atoms with Crippen LogP contribution in [0.3, 0.4) is 0 Å². The predicted molar refractivity (Wildman–Crippen MR) is 94.4 cm³/mol. The standard InChI is InChI=1S/C19H14N2O6/c1-8-3-5-10-12-7-13(18(22)14(10)16(8)20(24)25)11-6-4-9(2)17(21(26)27)15(11)19(12)23/h3-6,12-13H,7H2,1-2H3/t12-,13-/m1/s1. The number of rotatable bonds is 2. The van der Waals surface area contributed by atoms with E-state index in [9.17, 15) is 29.8 Å². The average Bonchev–Trinajstić information content (AvgIpc) is 2.60. The smallest absolute Gasteiger partial charge is 0.283 e. The second-order valence-corrected chi connectivity index (χ2v) is 6.97. The van der Waals surface area contributed by atoms with Gasteiger partial charge in [0.1, 0.15) is 11.1 Å². The van der Waals surface area contributed by atoms with Crippen LogP contribution in [0.2, 0.25) is 0 Å². The maximum absolute atomic E-state index is 13.2. The molecule has 0 heterocycles. The number of hydrogen-bond acceptors (Lipinski definition) is 6. The number of hydrogen-bond donors (Lipinski definition) is 0. The van der Waals surface area contributed by atoms with Crippen LogP contribution >= 0.6 is 0 Å². The van der Waals surface area contributed by atoms with Crippen molar-refractivity contribution < 1.29 is 19.4 Å². The van der Waals surface area contributed by atoms with Crippen LogP contribution in [-0.4, -0.2) is 21.4 Å². The topological polar surface area (TPSA) is 120 Å². The van der Waals surface area contributed by atoms with Gasteiger partial charge in [0.05, 0.1) is 9.85 Å². The van der Waals surface area contributed by atoms with Gasteiger partial charge >= 0.3 is 0 Å². The summed E-state index contributed by atoms with van der Waals surface area (Å²) in [6, 6.07) is 6.14. The molecule has 136 valence electrons. The van der Waals surface area contributed by atoms with Crippen molar-refractivity contribution in [2.24, 2.45) is 0 Å². The number of Topliss-reactive ketones (excluding diaryl/α,β-unsaturated/α-hetero) is 2. The monoisotopic (exact) mass is 366 g/mol.